The van der Waals surface area contributed by atoms with Crippen molar-refractivity contribution in [2.75, 3.05) is 17.6 Å². The Balaban J connectivity index is -0.0000000806. The fourth-order valence-electron chi connectivity index (χ4n) is 1.71. The lowest BCUT2D eigenvalue weighted by molar-refractivity contribution is -0.136. The molecule has 0 saturated carbocycles. The van der Waals surface area contributed by atoms with E-state index in [4.69, 9.17) is 11.5 Å². The normalized spacial score (nSPS) is 10.6. The molecule has 0 aromatic heterocycles. The lowest BCUT2D eigenvalue weighted by Crippen LogP contribution is -2.22. The van der Waals surface area contributed by atoms with Gasteiger partial charge in [0.15, 0.2) is 0 Å². The summed E-state index contributed by atoms with van der Waals surface area (Å²) in [6.07, 6.45) is -1.68. The van der Waals surface area contributed by atoms with E-state index in [-0.39, 0.29) is 27.0 Å². The molecule has 0 spiro atoms. The molecule has 1 unspecified atom stereocenters. The summed E-state index contributed by atoms with van der Waals surface area (Å²) >= 11 is 0. The second kappa shape index (κ2) is 17.3. The second-order valence-corrected chi connectivity index (χ2v) is 4.83. The number of halogens is 3. The molecule has 8 heteroatoms. The summed E-state index contributed by atoms with van der Waals surface area (Å²) in [5.74, 6) is 0. The molecule has 0 heterocycles. The van der Waals surface area contributed by atoms with Crippen LogP contribution < -0.4 is 16.8 Å². The van der Waals surface area contributed by atoms with E-state index in [0.29, 0.717) is 18.7 Å². The average Bonchev–Trinajstić information content (AvgIpc) is 2.50. The molecular weight excluding hydrogens is 335 g/mol. The topological polar surface area (TPSA) is 127 Å². The Morgan fingerprint density at radius 2 is 1.60 bits per heavy atom. The van der Waals surface area contributed by atoms with Crippen molar-refractivity contribution in [1.82, 2.24) is 0 Å². The molecule has 158 valence electrons. The highest BCUT2D eigenvalue weighted by molar-refractivity contribution is 5.58. The summed E-state index contributed by atoms with van der Waals surface area (Å²) in [7, 11) is 0. The Labute approximate surface area is 154 Å². The molecule has 0 saturated heterocycles. The van der Waals surface area contributed by atoms with Crippen molar-refractivity contribution in [3.05, 3.63) is 23.8 Å². The van der Waals surface area contributed by atoms with Crippen molar-refractivity contribution in [1.29, 1.82) is 0 Å². The highest BCUT2D eigenvalue weighted by Gasteiger charge is 2.33. The van der Waals surface area contributed by atoms with Gasteiger partial charge in [0.2, 0.25) is 0 Å². The molecule has 9 N–H and O–H groups in total. The van der Waals surface area contributed by atoms with Gasteiger partial charge in [-0.2, -0.15) is 13.2 Å². The third-order valence-electron chi connectivity index (χ3n) is 2.74. The van der Waals surface area contributed by atoms with Crippen LogP contribution >= 0.6 is 0 Å². The van der Waals surface area contributed by atoms with Crippen LogP contribution in [0.4, 0.5) is 24.5 Å². The minimum atomic E-state index is -4.43. The van der Waals surface area contributed by atoms with Crippen LogP contribution in [-0.2, 0) is 6.18 Å². The Kier molecular flexibility index (Phi) is 21.7. The molecule has 25 heavy (non-hydrogen) atoms. The maximum atomic E-state index is 12.7. The lowest BCUT2D eigenvalue weighted by Gasteiger charge is -2.19. The highest BCUT2D eigenvalue weighted by Crippen LogP contribution is 2.35. The molecule has 1 aromatic carbocycles. The molecule has 1 rings (SSSR count). The summed E-state index contributed by atoms with van der Waals surface area (Å²) in [6.45, 7) is 10.7. The van der Waals surface area contributed by atoms with Gasteiger partial charge < -0.3 is 27.7 Å². The van der Waals surface area contributed by atoms with Gasteiger partial charge in [-0.3, -0.25) is 0 Å². The van der Waals surface area contributed by atoms with Gasteiger partial charge in [0.1, 0.15) is 0 Å². The van der Waals surface area contributed by atoms with Crippen LogP contribution in [0.5, 0.6) is 0 Å². The molecule has 0 aliphatic rings. The van der Waals surface area contributed by atoms with Crippen molar-refractivity contribution in [2.24, 2.45) is 5.73 Å². The van der Waals surface area contributed by atoms with Crippen LogP contribution in [0.3, 0.4) is 0 Å². The van der Waals surface area contributed by atoms with Crippen molar-refractivity contribution in [3.63, 3.8) is 0 Å². The number of nitrogen functional groups attached to an aromatic ring is 1. The van der Waals surface area contributed by atoms with Gasteiger partial charge in [0.25, 0.3) is 0 Å². The van der Waals surface area contributed by atoms with E-state index in [1.54, 1.807) is 6.07 Å². The minimum absolute atomic E-state index is 0. The number of alkyl halides is 3. The Bertz CT molecular complexity index is 430. The van der Waals surface area contributed by atoms with Gasteiger partial charge >= 0.3 is 6.18 Å². The molecule has 0 aliphatic heterocycles. The van der Waals surface area contributed by atoms with Crippen LogP contribution in [0.25, 0.3) is 0 Å². The fraction of sp³-hybridized carbons (Fsp3) is 0.647. The number of hydrogen-bond acceptors (Lipinski definition) is 3. The molecule has 5 nitrogen and oxygen atoms in total. The van der Waals surface area contributed by atoms with Crippen LogP contribution in [0.2, 0.25) is 0 Å². The first-order valence-electron chi connectivity index (χ1n) is 8.23. The molecule has 0 aliphatic carbocycles. The van der Waals surface area contributed by atoms with E-state index < -0.39 is 11.7 Å². The predicted octanol–water partition coefficient (Wildman–Crippen LogP) is 4.36. The fourth-order valence-corrected chi connectivity index (χ4v) is 1.71. The Hall–Kier alpha value is -1.51. The third kappa shape index (κ3) is 13.5. The third-order valence-corrected chi connectivity index (χ3v) is 2.74. The van der Waals surface area contributed by atoms with Crippen LogP contribution in [-0.4, -0.2) is 23.5 Å². The number of rotatable bonds is 5. The molecular formula is C17H42F3N3O2. The molecule has 1 atom stereocenters. The summed E-state index contributed by atoms with van der Waals surface area (Å²) in [5, 5.41) is 3.03. The molecule has 0 amide bonds. The van der Waals surface area contributed by atoms with Gasteiger partial charge in [-0.1, -0.05) is 41.0 Å². The quantitative estimate of drug-likeness (QED) is 0.660. The summed E-state index contributed by atoms with van der Waals surface area (Å²) in [4.78, 5) is 0. The first kappa shape index (κ1) is 31.3. The van der Waals surface area contributed by atoms with E-state index >= 15 is 0 Å². The first-order chi connectivity index (χ1) is 10.8. The Morgan fingerprint density at radius 3 is 1.96 bits per heavy atom. The number of nitrogens with two attached hydrogens (primary N) is 2. The maximum absolute atomic E-state index is 12.7. The zero-order valence-corrected chi connectivity index (χ0v) is 15.9. The van der Waals surface area contributed by atoms with Crippen molar-refractivity contribution < 1.29 is 28.4 Å². The van der Waals surface area contributed by atoms with Crippen LogP contribution in [0.15, 0.2) is 18.2 Å². The van der Waals surface area contributed by atoms with E-state index in [2.05, 4.69) is 19.2 Å². The smallest absolute Gasteiger partial charge is 0.412 e. The van der Waals surface area contributed by atoms with Gasteiger partial charge in [0.05, 0.1) is 5.56 Å². The average molecular weight is 378 g/mol. The van der Waals surface area contributed by atoms with E-state index in [9.17, 15) is 13.2 Å². The lowest BCUT2D eigenvalue weighted by atomic mass is 10.1. The number of nitrogens with one attached hydrogen (secondary N) is 1. The van der Waals surface area contributed by atoms with Gasteiger partial charge in [-0.05, 0) is 37.6 Å². The van der Waals surface area contributed by atoms with E-state index in [1.165, 1.54) is 12.5 Å². The standard InChI is InChI=1S/C12H18F3N3.C3H8.C2H6.2H2O.3H2/c1-2-8(5-6-16)18-9-3-4-11(17)10(7-9)12(13,14)15;1-3-2;1-2;;;;;/h3-4,7-8,18H,2,5-6,16-17H2,1H3;3H2,1-2H3;1-2H3;2*1H2;3*1H. The zero-order valence-electron chi connectivity index (χ0n) is 15.9. The second-order valence-electron chi connectivity index (χ2n) is 4.83. The van der Waals surface area contributed by atoms with E-state index in [0.717, 1.165) is 12.5 Å². The number of hydrogen-bond donors (Lipinski definition) is 3. The largest absolute Gasteiger partial charge is 0.418 e. The molecule has 0 radical (unpaired) electrons. The predicted molar refractivity (Wildman–Crippen MR) is 108 cm³/mol. The molecule has 1 aromatic rings. The SMILES string of the molecule is CC.CCC.CCC(CCN)Nc1ccc(N)c(C(F)(F)F)c1.O.O.[HH].[HH].[HH]. The maximum Gasteiger partial charge on any atom is 0.418 e. The first-order valence-corrected chi connectivity index (χ1v) is 8.23. The Morgan fingerprint density at radius 1 is 1.12 bits per heavy atom. The highest BCUT2D eigenvalue weighted by atomic mass is 19.4. The summed E-state index contributed by atoms with van der Waals surface area (Å²) in [6, 6.07) is 3.91. The monoisotopic (exact) mass is 377 g/mol. The zero-order chi connectivity index (χ0) is 18.5. The number of benzene rings is 1. The van der Waals surface area contributed by atoms with Crippen LogP contribution in [0, 0.1) is 0 Å². The molecule has 0 bridgehead atoms. The summed E-state index contributed by atoms with van der Waals surface area (Å²) < 4.78 is 38.0. The van der Waals surface area contributed by atoms with Gasteiger partial charge in [0, 0.05) is 21.7 Å². The van der Waals surface area contributed by atoms with Crippen molar-refractivity contribution in [3.8, 4) is 0 Å². The summed E-state index contributed by atoms with van der Waals surface area (Å²) in [5.41, 5.74) is 10.1. The van der Waals surface area contributed by atoms with E-state index in [1.807, 2.05) is 20.8 Å². The van der Waals surface area contributed by atoms with Crippen LogP contribution in [0.1, 0.15) is 63.7 Å². The van der Waals surface area contributed by atoms with Crippen molar-refractivity contribution in [2.45, 2.75) is 66.1 Å². The number of anilines is 2. The van der Waals surface area contributed by atoms with Gasteiger partial charge in [-0.15, -0.1) is 0 Å². The van der Waals surface area contributed by atoms with Gasteiger partial charge in [-0.25, -0.2) is 0 Å². The molecule has 0 fully saturated rings. The van der Waals surface area contributed by atoms with Crippen molar-refractivity contribution >= 4 is 11.4 Å². The minimum Gasteiger partial charge on any atom is -0.412 e.